The lowest BCUT2D eigenvalue weighted by molar-refractivity contribution is 0.595. The smallest absolute Gasteiger partial charge is 0.00288 e. The lowest BCUT2D eigenvalue weighted by atomic mass is 10.2. The van der Waals surface area contributed by atoms with Crippen molar-refractivity contribution in [2.24, 2.45) is 5.92 Å². The van der Waals surface area contributed by atoms with E-state index in [9.17, 15) is 0 Å². The van der Waals surface area contributed by atoms with Crippen LogP contribution >= 0.6 is 0 Å². The summed E-state index contributed by atoms with van der Waals surface area (Å²) in [5.41, 5.74) is 0. The summed E-state index contributed by atoms with van der Waals surface area (Å²) in [6.07, 6.45) is 1.25. The number of hydrogen-bond acceptors (Lipinski definition) is 1. The second kappa shape index (κ2) is 104. The van der Waals surface area contributed by atoms with Gasteiger partial charge in [0.1, 0.15) is 0 Å². The molecule has 1 nitrogen and oxygen atoms in total. The van der Waals surface area contributed by atoms with Gasteiger partial charge in [-0.3, -0.25) is 0 Å². The summed E-state index contributed by atoms with van der Waals surface area (Å²) in [7, 11) is 1.97. The van der Waals surface area contributed by atoms with E-state index in [1.54, 1.807) is 0 Å². The molecule has 0 spiro atoms. The zero-order chi connectivity index (χ0) is 15.7. The summed E-state index contributed by atoms with van der Waals surface area (Å²) < 4.78 is 0. The zero-order valence-electron chi connectivity index (χ0n) is 14.9. The molecule has 0 aromatic carbocycles. The van der Waals surface area contributed by atoms with E-state index in [0.29, 0.717) is 0 Å². The van der Waals surface area contributed by atoms with Gasteiger partial charge in [0.2, 0.25) is 0 Å². The van der Waals surface area contributed by atoms with Gasteiger partial charge in [-0.1, -0.05) is 75.7 Å². The highest BCUT2D eigenvalue weighted by atomic mass is 14.8. The highest BCUT2D eigenvalue weighted by Gasteiger charge is 1.84. The molecule has 0 aromatic rings. The number of hydrogen-bond donors (Lipinski definition) is 1. The SMILES string of the molecule is C=C.CC.CC.CC.CCC.CNCC(C)C. The molecule has 17 heavy (non-hydrogen) atoms. The van der Waals surface area contributed by atoms with Gasteiger partial charge in [-0.15, -0.1) is 13.2 Å². The summed E-state index contributed by atoms with van der Waals surface area (Å²) in [4.78, 5) is 0. The van der Waals surface area contributed by atoms with Gasteiger partial charge in [0.25, 0.3) is 0 Å². The second-order valence-electron chi connectivity index (χ2n) is 2.66. The molecule has 0 aromatic heterocycles. The molecule has 0 saturated carbocycles. The van der Waals surface area contributed by atoms with Crippen molar-refractivity contribution in [2.45, 2.75) is 75.7 Å². The minimum atomic E-state index is 0.787. The van der Waals surface area contributed by atoms with Crippen LogP contribution in [0.1, 0.15) is 75.7 Å². The molecule has 0 heterocycles. The molecule has 0 rings (SSSR count). The predicted molar refractivity (Wildman–Crippen MR) is 90.0 cm³/mol. The average molecular weight is 250 g/mol. The molecule has 0 aliphatic rings. The molecule has 1 N–H and O–H groups in total. The zero-order valence-corrected chi connectivity index (χ0v) is 14.9. The monoisotopic (exact) mass is 249 g/mol. The highest BCUT2D eigenvalue weighted by Crippen LogP contribution is 1.83. The van der Waals surface area contributed by atoms with Crippen molar-refractivity contribution in [3.8, 4) is 0 Å². The van der Waals surface area contributed by atoms with Crippen molar-refractivity contribution in [3.63, 3.8) is 0 Å². The molecule has 0 amide bonds. The Hall–Kier alpha value is -0.300. The summed E-state index contributed by atoms with van der Waals surface area (Å²) in [5, 5.41) is 3.07. The summed E-state index contributed by atoms with van der Waals surface area (Å²) in [6.45, 7) is 27.8. The Kier molecular flexibility index (Phi) is 221. The first-order valence-electron chi connectivity index (χ1n) is 7.33. The Bertz CT molecular complexity index is 42.8. The lowest BCUT2D eigenvalue weighted by Crippen LogP contribution is -2.12. The van der Waals surface area contributed by atoms with Crippen molar-refractivity contribution in [2.75, 3.05) is 13.6 Å². The Morgan fingerprint density at radius 2 is 1.00 bits per heavy atom. The van der Waals surface area contributed by atoms with Gasteiger partial charge in [0, 0.05) is 0 Å². The van der Waals surface area contributed by atoms with Crippen LogP contribution in [-0.4, -0.2) is 13.6 Å². The third-order valence-electron chi connectivity index (χ3n) is 0.612. The summed E-state index contributed by atoms with van der Waals surface area (Å²) in [5.74, 6) is 0.787. The maximum Gasteiger partial charge on any atom is -0.00288 e. The summed E-state index contributed by atoms with van der Waals surface area (Å²) in [6, 6.07) is 0. The molecule has 0 saturated heterocycles. The third kappa shape index (κ3) is 404. The van der Waals surface area contributed by atoms with Crippen LogP contribution in [0.25, 0.3) is 0 Å². The van der Waals surface area contributed by atoms with E-state index in [0.717, 1.165) is 12.5 Å². The third-order valence-corrected chi connectivity index (χ3v) is 0.612. The van der Waals surface area contributed by atoms with Crippen molar-refractivity contribution in [3.05, 3.63) is 13.2 Å². The molecule has 112 valence electrons. The number of nitrogens with one attached hydrogen (secondary N) is 1. The first-order chi connectivity index (χ1) is 8.18. The van der Waals surface area contributed by atoms with Gasteiger partial charge in [0.05, 0.1) is 0 Å². The molecule has 0 radical (unpaired) electrons. The van der Waals surface area contributed by atoms with E-state index in [1.165, 1.54) is 6.42 Å². The van der Waals surface area contributed by atoms with Gasteiger partial charge in [-0.25, -0.2) is 0 Å². The molecule has 0 aliphatic heterocycles. The molecule has 0 aliphatic carbocycles. The Labute approximate surface area is 114 Å². The average Bonchev–Trinajstić information content (AvgIpc) is 2.40. The second-order valence-corrected chi connectivity index (χ2v) is 2.66. The fourth-order valence-electron chi connectivity index (χ4n) is 0.408. The van der Waals surface area contributed by atoms with Gasteiger partial charge in [-0.05, 0) is 19.5 Å². The van der Waals surface area contributed by atoms with Gasteiger partial charge < -0.3 is 5.32 Å². The van der Waals surface area contributed by atoms with E-state index >= 15 is 0 Å². The van der Waals surface area contributed by atoms with E-state index in [1.807, 2.05) is 48.6 Å². The van der Waals surface area contributed by atoms with Crippen LogP contribution in [0.15, 0.2) is 13.2 Å². The topological polar surface area (TPSA) is 12.0 Å². The van der Waals surface area contributed by atoms with Gasteiger partial charge in [0.15, 0.2) is 0 Å². The first-order valence-corrected chi connectivity index (χ1v) is 7.33. The van der Waals surface area contributed by atoms with Crippen LogP contribution in [0.2, 0.25) is 0 Å². The van der Waals surface area contributed by atoms with Gasteiger partial charge >= 0.3 is 0 Å². The van der Waals surface area contributed by atoms with Crippen molar-refractivity contribution < 1.29 is 0 Å². The normalized spacial score (nSPS) is 5.88. The molecule has 1 heteroatoms. The van der Waals surface area contributed by atoms with Crippen LogP contribution in [0.4, 0.5) is 0 Å². The minimum absolute atomic E-state index is 0.787. The standard InChI is InChI=1S/C5H13N.C3H8.3C2H6.C2H4/c1-5(2)4-6-3;1-3-2;4*1-2/h5-6H,4H2,1-3H3;3H2,1-2H3;3*1-2H3;1-2H2. The van der Waals surface area contributed by atoms with Crippen LogP contribution in [0.5, 0.6) is 0 Å². The fraction of sp³-hybridized carbons (Fsp3) is 0.875. The van der Waals surface area contributed by atoms with E-state index in [4.69, 9.17) is 0 Å². The van der Waals surface area contributed by atoms with Crippen molar-refractivity contribution in [1.29, 1.82) is 0 Å². The fourth-order valence-corrected chi connectivity index (χ4v) is 0.408. The minimum Gasteiger partial charge on any atom is -0.319 e. The van der Waals surface area contributed by atoms with Crippen LogP contribution < -0.4 is 5.32 Å². The number of rotatable bonds is 2. The molecule has 0 atom stereocenters. The van der Waals surface area contributed by atoms with E-state index < -0.39 is 0 Å². The Morgan fingerprint density at radius 1 is 0.824 bits per heavy atom. The highest BCUT2D eigenvalue weighted by molar-refractivity contribution is 4.42. The Morgan fingerprint density at radius 3 is 1.00 bits per heavy atom. The van der Waals surface area contributed by atoms with Crippen LogP contribution in [0.3, 0.4) is 0 Å². The first kappa shape index (κ1) is 36.0. The predicted octanol–water partition coefficient (Wildman–Crippen LogP) is 6.16. The van der Waals surface area contributed by atoms with E-state index in [2.05, 4.69) is 46.2 Å². The summed E-state index contributed by atoms with van der Waals surface area (Å²) >= 11 is 0. The quantitative estimate of drug-likeness (QED) is 0.578. The van der Waals surface area contributed by atoms with Gasteiger partial charge in [-0.2, -0.15) is 0 Å². The molecule has 0 bridgehead atoms. The molecule has 0 unspecified atom stereocenters. The van der Waals surface area contributed by atoms with Crippen LogP contribution in [0, 0.1) is 5.92 Å². The largest absolute Gasteiger partial charge is 0.319 e. The molecular formula is C16H43N. The van der Waals surface area contributed by atoms with E-state index in [-0.39, 0.29) is 0 Å². The maximum absolute atomic E-state index is 3.07. The lowest BCUT2D eigenvalue weighted by Gasteiger charge is -1.98. The Balaban J connectivity index is -0.0000000238. The molecular weight excluding hydrogens is 206 g/mol. The van der Waals surface area contributed by atoms with Crippen LogP contribution in [-0.2, 0) is 0 Å². The molecule has 0 fully saturated rings. The van der Waals surface area contributed by atoms with Crippen molar-refractivity contribution in [1.82, 2.24) is 5.32 Å². The van der Waals surface area contributed by atoms with Crippen molar-refractivity contribution >= 4 is 0 Å². The maximum atomic E-state index is 3.07.